The molecule has 3 aromatic heterocycles. The van der Waals surface area contributed by atoms with E-state index < -0.39 is 24.7 Å². The number of benzene rings is 2. The molecule has 0 radical (unpaired) electrons. The van der Waals surface area contributed by atoms with E-state index in [9.17, 15) is 22.8 Å². The van der Waals surface area contributed by atoms with Crippen LogP contribution >= 0.6 is 0 Å². The van der Waals surface area contributed by atoms with Crippen molar-refractivity contribution in [3.8, 4) is 11.5 Å². The molecule has 0 spiro atoms. The van der Waals surface area contributed by atoms with Crippen LogP contribution in [-0.4, -0.2) is 84.1 Å². The van der Waals surface area contributed by atoms with E-state index in [1.807, 2.05) is 35.2 Å². The molecule has 5 aromatic rings. The van der Waals surface area contributed by atoms with Gasteiger partial charge in [0.25, 0.3) is 5.91 Å². The molecule has 230 valence electrons. The number of amides is 2. The van der Waals surface area contributed by atoms with Crippen LogP contribution in [0.25, 0.3) is 22.6 Å². The smallest absolute Gasteiger partial charge is 0.350 e. The van der Waals surface area contributed by atoms with Crippen LogP contribution in [-0.2, 0) is 4.79 Å². The lowest BCUT2D eigenvalue weighted by Crippen LogP contribution is -2.50. The normalized spacial score (nSPS) is 19.2. The van der Waals surface area contributed by atoms with Gasteiger partial charge in [-0.1, -0.05) is 35.1 Å². The van der Waals surface area contributed by atoms with E-state index in [1.54, 1.807) is 35.2 Å². The maximum atomic E-state index is 13.5. The first-order valence-corrected chi connectivity index (χ1v) is 14.3. The second kappa shape index (κ2) is 11.7. The Balaban J connectivity index is 1.05. The summed E-state index contributed by atoms with van der Waals surface area (Å²) in [6, 6.07) is 17.1. The minimum atomic E-state index is -2.90. The van der Waals surface area contributed by atoms with Crippen molar-refractivity contribution in [3.63, 3.8) is 0 Å². The standard InChI is InChI=1S/C30H26F3N9O3/c31-21-16-20(21)27(43)35-19-6-7-24-22(15-19)36-28(45-24)18-8-9-34-23(14-18)29(44)41-12-10-40(11-13-41)25(17-4-2-1-3-5-17)26-37-39-42(38-26)30(32)33/h1-9,14-15,20-21,25,30H,10-13,16H2,(H,35,43). The summed E-state index contributed by atoms with van der Waals surface area (Å²) in [4.78, 5) is 38.4. The minimum absolute atomic E-state index is 0.153. The van der Waals surface area contributed by atoms with Crippen molar-refractivity contribution in [1.82, 2.24) is 40.0 Å². The molecule has 4 heterocycles. The van der Waals surface area contributed by atoms with Crippen LogP contribution in [0, 0.1) is 5.92 Å². The van der Waals surface area contributed by atoms with Gasteiger partial charge in [0.05, 0.1) is 12.0 Å². The molecule has 2 aliphatic rings. The van der Waals surface area contributed by atoms with Crippen molar-refractivity contribution < 1.29 is 27.2 Å². The highest BCUT2D eigenvalue weighted by molar-refractivity contribution is 5.96. The van der Waals surface area contributed by atoms with Gasteiger partial charge in [0, 0.05) is 43.6 Å². The third kappa shape index (κ3) is 5.85. The number of nitrogens with one attached hydrogen (secondary N) is 1. The van der Waals surface area contributed by atoms with Crippen molar-refractivity contribution >= 4 is 28.6 Å². The predicted octanol–water partition coefficient (Wildman–Crippen LogP) is 4.12. The van der Waals surface area contributed by atoms with Gasteiger partial charge >= 0.3 is 6.55 Å². The van der Waals surface area contributed by atoms with Gasteiger partial charge in [-0.05, 0) is 47.5 Å². The highest BCUT2D eigenvalue weighted by Gasteiger charge is 2.43. The minimum Gasteiger partial charge on any atom is -0.436 e. The van der Waals surface area contributed by atoms with Crippen LogP contribution in [0.2, 0.25) is 0 Å². The van der Waals surface area contributed by atoms with Crippen molar-refractivity contribution in [2.45, 2.75) is 25.2 Å². The maximum absolute atomic E-state index is 13.5. The molecular formula is C30H26F3N9O3. The number of carbonyl (C=O) groups excluding carboxylic acids is 2. The number of piperazine rings is 1. The van der Waals surface area contributed by atoms with Crippen molar-refractivity contribution in [3.05, 3.63) is 83.9 Å². The molecule has 1 N–H and O–H groups in total. The zero-order valence-electron chi connectivity index (χ0n) is 23.6. The van der Waals surface area contributed by atoms with Gasteiger partial charge in [-0.2, -0.15) is 8.78 Å². The lowest BCUT2D eigenvalue weighted by atomic mass is 10.0. The molecule has 7 rings (SSSR count). The number of rotatable bonds is 8. The van der Waals surface area contributed by atoms with Crippen molar-refractivity contribution in [2.75, 3.05) is 31.5 Å². The zero-order chi connectivity index (χ0) is 31.1. The molecule has 2 fully saturated rings. The number of pyridine rings is 1. The van der Waals surface area contributed by atoms with Crippen LogP contribution in [0.1, 0.15) is 40.9 Å². The summed E-state index contributed by atoms with van der Waals surface area (Å²) in [5, 5.41) is 14.0. The SMILES string of the molecule is O=C(Nc1ccc2oc(-c3ccnc(C(=O)N4CCN(C(c5ccccc5)c5nnn(C(F)F)n5)CC4)c3)nc2c1)C1CC1F. The number of hydrogen-bond acceptors (Lipinski definition) is 9. The summed E-state index contributed by atoms with van der Waals surface area (Å²) in [5.74, 6) is -0.824. The van der Waals surface area contributed by atoms with Crippen LogP contribution in [0.5, 0.6) is 0 Å². The molecule has 1 aliphatic heterocycles. The summed E-state index contributed by atoms with van der Waals surface area (Å²) >= 11 is 0. The number of carbonyl (C=O) groups is 2. The zero-order valence-corrected chi connectivity index (χ0v) is 23.6. The Bertz CT molecular complexity index is 1860. The van der Waals surface area contributed by atoms with E-state index >= 15 is 0 Å². The third-order valence-electron chi connectivity index (χ3n) is 7.88. The average molecular weight is 618 g/mol. The van der Waals surface area contributed by atoms with E-state index in [0.717, 1.165) is 5.56 Å². The summed E-state index contributed by atoms with van der Waals surface area (Å²) in [7, 11) is 0. The highest BCUT2D eigenvalue weighted by Crippen LogP contribution is 2.35. The molecule has 0 bridgehead atoms. The Kier molecular flexibility index (Phi) is 7.45. The monoisotopic (exact) mass is 617 g/mol. The predicted molar refractivity (Wildman–Crippen MR) is 154 cm³/mol. The molecule has 45 heavy (non-hydrogen) atoms. The van der Waals surface area contributed by atoms with Crippen LogP contribution in [0.4, 0.5) is 18.9 Å². The molecule has 2 amide bonds. The summed E-state index contributed by atoms with van der Waals surface area (Å²) < 4.78 is 45.5. The number of aromatic nitrogens is 6. The maximum Gasteiger partial charge on any atom is 0.350 e. The fourth-order valence-corrected chi connectivity index (χ4v) is 5.41. The molecule has 1 saturated carbocycles. The summed E-state index contributed by atoms with van der Waals surface area (Å²) in [6.07, 6.45) is 0.651. The van der Waals surface area contributed by atoms with E-state index in [-0.39, 0.29) is 40.4 Å². The molecule has 1 saturated heterocycles. The van der Waals surface area contributed by atoms with Crippen molar-refractivity contribution in [2.24, 2.45) is 5.92 Å². The van der Waals surface area contributed by atoms with Crippen LogP contribution in [0.15, 0.2) is 71.3 Å². The Morgan fingerprint density at radius 1 is 1.00 bits per heavy atom. The number of oxazole rings is 1. The van der Waals surface area contributed by atoms with Gasteiger partial charge in [0.1, 0.15) is 17.4 Å². The number of hydrogen-bond donors (Lipinski definition) is 1. The first kappa shape index (κ1) is 28.6. The van der Waals surface area contributed by atoms with Crippen LogP contribution < -0.4 is 5.32 Å². The number of halogens is 3. The third-order valence-corrected chi connectivity index (χ3v) is 7.88. The quantitative estimate of drug-likeness (QED) is 0.273. The second-order valence-electron chi connectivity index (χ2n) is 10.9. The lowest BCUT2D eigenvalue weighted by Gasteiger charge is -2.38. The summed E-state index contributed by atoms with van der Waals surface area (Å²) in [5.41, 5.74) is 3.04. The number of fused-ring (bicyclic) bond motifs is 1. The van der Waals surface area contributed by atoms with Gasteiger partial charge < -0.3 is 14.6 Å². The molecule has 3 atom stereocenters. The molecule has 3 unspecified atom stereocenters. The van der Waals surface area contributed by atoms with E-state index in [2.05, 4.69) is 30.7 Å². The highest BCUT2D eigenvalue weighted by atomic mass is 19.3. The second-order valence-corrected chi connectivity index (χ2v) is 10.9. The molecule has 15 heteroatoms. The average Bonchev–Trinajstić information content (AvgIpc) is 3.40. The number of anilines is 1. The van der Waals surface area contributed by atoms with Gasteiger partial charge in [0.15, 0.2) is 11.4 Å². The van der Waals surface area contributed by atoms with Gasteiger partial charge in [0.2, 0.25) is 11.8 Å². The molecular weight excluding hydrogens is 591 g/mol. The Hall–Kier alpha value is -5.18. The molecule has 1 aliphatic carbocycles. The van der Waals surface area contributed by atoms with Crippen molar-refractivity contribution in [1.29, 1.82) is 0 Å². The fraction of sp³-hybridized carbons (Fsp3) is 0.300. The topological polar surface area (TPSA) is 135 Å². The van der Waals surface area contributed by atoms with E-state index in [0.29, 0.717) is 48.5 Å². The number of alkyl halides is 3. The Morgan fingerprint density at radius 2 is 1.78 bits per heavy atom. The number of tetrazole rings is 1. The largest absolute Gasteiger partial charge is 0.436 e. The Labute approximate surface area is 253 Å². The van der Waals surface area contributed by atoms with Crippen LogP contribution in [0.3, 0.4) is 0 Å². The van der Waals surface area contributed by atoms with Gasteiger partial charge in [-0.25, -0.2) is 9.37 Å². The fourth-order valence-electron chi connectivity index (χ4n) is 5.41. The molecule has 2 aromatic carbocycles. The first-order chi connectivity index (χ1) is 21.8. The molecule has 12 nitrogen and oxygen atoms in total. The van der Waals surface area contributed by atoms with E-state index in [1.165, 1.54) is 6.20 Å². The Morgan fingerprint density at radius 3 is 2.49 bits per heavy atom. The summed E-state index contributed by atoms with van der Waals surface area (Å²) in [6.45, 7) is -1.31. The lowest BCUT2D eigenvalue weighted by molar-refractivity contribution is -0.117. The first-order valence-electron chi connectivity index (χ1n) is 14.3. The van der Waals surface area contributed by atoms with E-state index in [4.69, 9.17) is 4.42 Å². The van der Waals surface area contributed by atoms with Gasteiger partial charge in [-0.3, -0.25) is 19.5 Å². The number of nitrogens with zero attached hydrogens (tertiary/aromatic N) is 8. The van der Waals surface area contributed by atoms with Gasteiger partial charge in [-0.15, -0.1) is 10.2 Å².